The van der Waals surface area contributed by atoms with Crippen molar-refractivity contribution < 1.29 is 9.18 Å². The molecule has 0 spiro atoms. The molecule has 1 aromatic carbocycles. The Bertz CT molecular complexity index is 600. The van der Waals surface area contributed by atoms with Crippen molar-refractivity contribution in [1.82, 2.24) is 10.2 Å². The summed E-state index contributed by atoms with van der Waals surface area (Å²) < 4.78 is 13.4. The first-order valence-electron chi connectivity index (χ1n) is 6.56. The van der Waals surface area contributed by atoms with Gasteiger partial charge in [0.15, 0.2) is 0 Å². The van der Waals surface area contributed by atoms with Gasteiger partial charge in [0.25, 0.3) is 5.91 Å². The van der Waals surface area contributed by atoms with Crippen LogP contribution in [0.3, 0.4) is 0 Å². The minimum Gasteiger partial charge on any atom is -0.328 e. The second kappa shape index (κ2) is 5.73. The summed E-state index contributed by atoms with van der Waals surface area (Å²) >= 11 is 1.44. The van der Waals surface area contributed by atoms with Gasteiger partial charge in [0, 0.05) is 19.6 Å². The summed E-state index contributed by atoms with van der Waals surface area (Å²) in [6, 6.07) is 10.1. The van der Waals surface area contributed by atoms with Gasteiger partial charge in [0.2, 0.25) is 0 Å². The molecule has 1 atom stereocenters. The Morgan fingerprint density at radius 2 is 2.25 bits per heavy atom. The summed E-state index contributed by atoms with van der Waals surface area (Å²) in [5, 5.41) is 5.17. The molecule has 1 N–H and O–H groups in total. The molecule has 5 heteroatoms. The molecule has 1 aliphatic heterocycles. The fraction of sp³-hybridized carbons (Fsp3) is 0.267. The number of amides is 1. The number of piperazine rings is 1. The Hall–Kier alpha value is -1.72. The summed E-state index contributed by atoms with van der Waals surface area (Å²) in [5.41, 5.74) is 0.835. The van der Waals surface area contributed by atoms with Crippen molar-refractivity contribution in [3.8, 4) is 0 Å². The maximum absolute atomic E-state index is 13.4. The van der Waals surface area contributed by atoms with E-state index in [0.717, 1.165) is 17.0 Å². The van der Waals surface area contributed by atoms with Gasteiger partial charge in [-0.2, -0.15) is 0 Å². The lowest BCUT2D eigenvalue weighted by Crippen LogP contribution is -2.48. The average Bonchev–Trinajstić information content (AvgIpc) is 3.01. The van der Waals surface area contributed by atoms with E-state index in [-0.39, 0.29) is 17.8 Å². The second-order valence-corrected chi connectivity index (χ2v) is 5.70. The van der Waals surface area contributed by atoms with E-state index in [2.05, 4.69) is 5.32 Å². The number of hydrogen-bond donors (Lipinski definition) is 1. The highest BCUT2D eigenvalue weighted by Gasteiger charge is 2.29. The van der Waals surface area contributed by atoms with E-state index in [1.54, 1.807) is 6.07 Å². The minimum atomic E-state index is -0.267. The first-order chi connectivity index (χ1) is 9.75. The zero-order valence-corrected chi connectivity index (χ0v) is 11.7. The van der Waals surface area contributed by atoms with Crippen LogP contribution in [0.5, 0.6) is 0 Å². The number of carbonyl (C=O) groups excluding carboxylic acids is 1. The van der Waals surface area contributed by atoms with Crippen molar-refractivity contribution in [2.24, 2.45) is 0 Å². The molecule has 1 aliphatic rings. The predicted octanol–water partition coefficient (Wildman–Crippen LogP) is 2.67. The van der Waals surface area contributed by atoms with E-state index in [1.165, 1.54) is 23.5 Å². The molecule has 20 heavy (non-hydrogen) atoms. The van der Waals surface area contributed by atoms with Gasteiger partial charge in [-0.25, -0.2) is 4.39 Å². The van der Waals surface area contributed by atoms with E-state index in [9.17, 15) is 9.18 Å². The van der Waals surface area contributed by atoms with E-state index in [4.69, 9.17) is 0 Å². The SMILES string of the molecule is O=C(c1cccs1)N1CCNCC1c1cccc(F)c1. The molecule has 0 radical (unpaired) electrons. The third-order valence-electron chi connectivity index (χ3n) is 3.47. The second-order valence-electron chi connectivity index (χ2n) is 4.75. The molecule has 1 saturated heterocycles. The van der Waals surface area contributed by atoms with Crippen LogP contribution in [0.25, 0.3) is 0 Å². The van der Waals surface area contributed by atoms with Gasteiger partial charge >= 0.3 is 0 Å². The monoisotopic (exact) mass is 290 g/mol. The molecule has 1 aromatic heterocycles. The van der Waals surface area contributed by atoms with Crippen LogP contribution >= 0.6 is 11.3 Å². The minimum absolute atomic E-state index is 0.0239. The van der Waals surface area contributed by atoms with E-state index in [0.29, 0.717) is 13.1 Å². The molecule has 1 amide bonds. The number of rotatable bonds is 2. The van der Waals surface area contributed by atoms with Crippen molar-refractivity contribution >= 4 is 17.2 Å². The molecule has 1 fully saturated rings. The van der Waals surface area contributed by atoms with Gasteiger partial charge in [-0.3, -0.25) is 4.79 Å². The maximum Gasteiger partial charge on any atom is 0.264 e. The summed E-state index contributed by atoms with van der Waals surface area (Å²) in [5.74, 6) is -0.243. The Kier molecular flexibility index (Phi) is 3.80. The number of benzene rings is 1. The van der Waals surface area contributed by atoms with E-state index in [1.807, 2.05) is 28.5 Å². The van der Waals surface area contributed by atoms with E-state index >= 15 is 0 Å². The van der Waals surface area contributed by atoms with Crippen LogP contribution in [0.4, 0.5) is 4.39 Å². The quantitative estimate of drug-likeness (QED) is 0.922. The first-order valence-corrected chi connectivity index (χ1v) is 7.44. The van der Waals surface area contributed by atoms with Crippen LogP contribution in [0.1, 0.15) is 21.3 Å². The summed E-state index contributed by atoms with van der Waals surface area (Å²) in [7, 11) is 0. The maximum atomic E-state index is 13.4. The standard InChI is InChI=1S/C15H15FN2OS/c16-12-4-1-3-11(9-12)13-10-17-6-7-18(13)15(19)14-5-2-8-20-14/h1-5,8-9,13,17H,6-7,10H2. The Morgan fingerprint density at radius 3 is 3.00 bits per heavy atom. The molecule has 1 unspecified atom stereocenters. The highest BCUT2D eigenvalue weighted by Crippen LogP contribution is 2.25. The molecule has 0 bridgehead atoms. The van der Waals surface area contributed by atoms with Gasteiger partial charge in [-0.05, 0) is 29.1 Å². The summed E-state index contributed by atoms with van der Waals surface area (Å²) in [6.07, 6.45) is 0. The summed E-state index contributed by atoms with van der Waals surface area (Å²) in [6.45, 7) is 2.06. The van der Waals surface area contributed by atoms with Crippen LogP contribution < -0.4 is 5.32 Å². The number of hydrogen-bond acceptors (Lipinski definition) is 3. The van der Waals surface area contributed by atoms with Crippen molar-refractivity contribution in [3.63, 3.8) is 0 Å². The zero-order chi connectivity index (χ0) is 13.9. The van der Waals surface area contributed by atoms with Crippen LogP contribution in [0, 0.1) is 5.82 Å². The highest BCUT2D eigenvalue weighted by atomic mass is 32.1. The van der Waals surface area contributed by atoms with Crippen LogP contribution in [-0.4, -0.2) is 30.4 Å². The van der Waals surface area contributed by atoms with Crippen LogP contribution in [-0.2, 0) is 0 Å². The Balaban J connectivity index is 1.89. The average molecular weight is 290 g/mol. The molecule has 2 aromatic rings. The van der Waals surface area contributed by atoms with Crippen LogP contribution in [0.2, 0.25) is 0 Å². The number of nitrogens with zero attached hydrogens (tertiary/aromatic N) is 1. The molecular formula is C15H15FN2OS. The van der Waals surface area contributed by atoms with Crippen LogP contribution in [0.15, 0.2) is 41.8 Å². The third-order valence-corrected chi connectivity index (χ3v) is 4.33. The lowest BCUT2D eigenvalue weighted by Gasteiger charge is -2.36. The Morgan fingerprint density at radius 1 is 1.35 bits per heavy atom. The van der Waals surface area contributed by atoms with Gasteiger partial charge in [0.1, 0.15) is 5.82 Å². The fourth-order valence-corrected chi connectivity index (χ4v) is 3.18. The molecule has 3 nitrogen and oxygen atoms in total. The Labute approximate surface area is 121 Å². The largest absolute Gasteiger partial charge is 0.328 e. The first kappa shape index (κ1) is 13.3. The third kappa shape index (κ3) is 2.59. The smallest absolute Gasteiger partial charge is 0.264 e. The predicted molar refractivity (Wildman–Crippen MR) is 77.4 cm³/mol. The van der Waals surface area contributed by atoms with Gasteiger partial charge in [0.05, 0.1) is 10.9 Å². The van der Waals surface area contributed by atoms with Crippen molar-refractivity contribution in [1.29, 1.82) is 0 Å². The van der Waals surface area contributed by atoms with Gasteiger partial charge in [-0.1, -0.05) is 18.2 Å². The lowest BCUT2D eigenvalue weighted by atomic mass is 10.0. The molecular weight excluding hydrogens is 275 g/mol. The molecule has 3 rings (SSSR count). The molecule has 2 heterocycles. The van der Waals surface area contributed by atoms with E-state index < -0.39 is 0 Å². The number of halogens is 1. The lowest BCUT2D eigenvalue weighted by molar-refractivity contribution is 0.0639. The number of thiophene rings is 1. The number of carbonyl (C=O) groups is 1. The zero-order valence-electron chi connectivity index (χ0n) is 10.9. The van der Waals surface area contributed by atoms with Crippen molar-refractivity contribution in [3.05, 3.63) is 58.0 Å². The number of nitrogens with one attached hydrogen (secondary N) is 1. The molecule has 104 valence electrons. The molecule has 0 saturated carbocycles. The molecule has 0 aliphatic carbocycles. The summed E-state index contributed by atoms with van der Waals surface area (Å²) in [4.78, 5) is 15.1. The normalized spacial score (nSPS) is 19.1. The van der Waals surface area contributed by atoms with Crippen molar-refractivity contribution in [2.45, 2.75) is 6.04 Å². The topological polar surface area (TPSA) is 32.3 Å². The van der Waals surface area contributed by atoms with Gasteiger partial charge in [-0.15, -0.1) is 11.3 Å². The van der Waals surface area contributed by atoms with Gasteiger partial charge < -0.3 is 10.2 Å². The fourth-order valence-electron chi connectivity index (χ4n) is 2.50. The highest BCUT2D eigenvalue weighted by molar-refractivity contribution is 7.12. The van der Waals surface area contributed by atoms with Crippen molar-refractivity contribution in [2.75, 3.05) is 19.6 Å².